The van der Waals surface area contributed by atoms with E-state index < -0.39 is 11.6 Å². The highest BCUT2D eigenvalue weighted by Crippen LogP contribution is 2.16. The van der Waals surface area contributed by atoms with Crippen LogP contribution in [0.4, 0.5) is 8.78 Å². The minimum atomic E-state index is -0.511. The Morgan fingerprint density at radius 2 is 1.53 bits per heavy atom. The van der Waals surface area contributed by atoms with Crippen LogP contribution in [-0.2, 0) is 0 Å². The van der Waals surface area contributed by atoms with Crippen molar-refractivity contribution in [1.82, 2.24) is 5.32 Å². The largest absolute Gasteiger partial charge is 0.310 e. The average molecular weight is 269 g/mol. The van der Waals surface area contributed by atoms with Gasteiger partial charge in [-0.1, -0.05) is 39.0 Å². The number of hydrogen-bond acceptors (Lipinski definition) is 1. The van der Waals surface area contributed by atoms with Gasteiger partial charge in [-0.3, -0.25) is 0 Å². The lowest BCUT2D eigenvalue weighted by Gasteiger charge is -2.14. The Hall–Kier alpha value is -0.960. The van der Waals surface area contributed by atoms with E-state index in [1.165, 1.54) is 44.2 Å². The lowest BCUT2D eigenvalue weighted by atomic mass is 10.1. The van der Waals surface area contributed by atoms with E-state index in [4.69, 9.17) is 0 Å². The molecule has 3 heteroatoms. The molecule has 1 rings (SSSR count). The van der Waals surface area contributed by atoms with Gasteiger partial charge in [0.1, 0.15) is 11.6 Å². The van der Waals surface area contributed by atoms with Gasteiger partial charge in [0.25, 0.3) is 0 Å². The van der Waals surface area contributed by atoms with Crippen molar-refractivity contribution in [2.45, 2.75) is 58.4 Å². The monoisotopic (exact) mass is 269 g/mol. The SMILES string of the molecule is CCCCCCCCNC(C)c1cc(F)cc(F)c1. The summed E-state index contributed by atoms with van der Waals surface area (Å²) < 4.78 is 26.2. The maximum atomic E-state index is 13.1. The van der Waals surface area contributed by atoms with Gasteiger partial charge in [0.2, 0.25) is 0 Å². The number of hydrogen-bond donors (Lipinski definition) is 1. The van der Waals surface area contributed by atoms with Crippen LogP contribution in [0.5, 0.6) is 0 Å². The molecule has 0 amide bonds. The molecule has 0 spiro atoms. The van der Waals surface area contributed by atoms with Gasteiger partial charge in [0.15, 0.2) is 0 Å². The van der Waals surface area contributed by atoms with Crippen LogP contribution < -0.4 is 5.32 Å². The van der Waals surface area contributed by atoms with Crippen LogP contribution in [0.3, 0.4) is 0 Å². The maximum absolute atomic E-state index is 13.1. The topological polar surface area (TPSA) is 12.0 Å². The highest BCUT2D eigenvalue weighted by Gasteiger charge is 2.07. The van der Waals surface area contributed by atoms with Gasteiger partial charge in [0.05, 0.1) is 0 Å². The first kappa shape index (κ1) is 16.1. The Bertz CT molecular complexity index is 346. The smallest absolute Gasteiger partial charge is 0.126 e. The first-order chi connectivity index (χ1) is 9.13. The Morgan fingerprint density at radius 1 is 0.947 bits per heavy atom. The number of rotatable bonds is 9. The summed E-state index contributed by atoms with van der Waals surface area (Å²) in [6.07, 6.45) is 7.50. The molecule has 0 aromatic heterocycles. The van der Waals surface area contributed by atoms with E-state index in [-0.39, 0.29) is 6.04 Å². The molecule has 0 saturated carbocycles. The zero-order valence-electron chi connectivity index (χ0n) is 12.0. The summed E-state index contributed by atoms with van der Waals surface area (Å²) in [6, 6.07) is 3.68. The standard InChI is InChI=1S/C16H25F2N/c1-3-4-5-6-7-8-9-19-13(2)14-10-15(17)12-16(18)11-14/h10-13,19H,3-9H2,1-2H3. The first-order valence-electron chi connectivity index (χ1n) is 7.33. The molecule has 0 aliphatic rings. The Morgan fingerprint density at radius 3 is 2.16 bits per heavy atom. The van der Waals surface area contributed by atoms with Crippen LogP contribution in [0.2, 0.25) is 0 Å². The fourth-order valence-corrected chi connectivity index (χ4v) is 2.17. The summed E-state index contributed by atoms with van der Waals surface area (Å²) >= 11 is 0. The first-order valence-corrected chi connectivity index (χ1v) is 7.33. The van der Waals surface area contributed by atoms with Crippen molar-refractivity contribution in [3.05, 3.63) is 35.4 Å². The maximum Gasteiger partial charge on any atom is 0.126 e. The van der Waals surface area contributed by atoms with Gasteiger partial charge >= 0.3 is 0 Å². The van der Waals surface area contributed by atoms with Gasteiger partial charge in [-0.05, 0) is 37.6 Å². The van der Waals surface area contributed by atoms with Crippen molar-refractivity contribution in [1.29, 1.82) is 0 Å². The molecule has 1 aromatic rings. The lowest BCUT2D eigenvalue weighted by molar-refractivity contribution is 0.518. The van der Waals surface area contributed by atoms with Crippen molar-refractivity contribution in [2.24, 2.45) is 0 Å². The molecule has 1 unspecified atom stereocenters. The quantitative estimate of drug-likeness (QED) is 0.624. The minimum Gasteiger partial charge on any atom is -0.310 e. The van der Waals surface area contributed by atoms with Crippen LogP contribution in [0.1, 0.15) is 64.0 Å². The third-order valence-corrected chi connectivity index (χ3v) is 3.37. The van der Waals surface area contributed by atoms with E-state index in [1.807, 2.05) is 6.92 Å². The second kappa shape index (κ2) is 9.03. The molecule has 108 valence electrons. The van der Waals surface area contributed by atoms with Gasteiger partial charge in [-0.25, -0.2) is 8.78 Å². The van der Waals surface area contributed by atoms with E-state index in [9.17, 15) is 8.78 Å². The normalized spacial score (nSPS) is 12.6. The van der Waals surface area contributed by atoms with E-state index >= 15 is 0 Å². The summed E-state index contributed by atoms with van der Waals surface area (Å²) in [5, 5.41) is 3.31. The number of benzene rings is 1. The molecular weight excluding hydrogens is 244 g/mol. The summed E-state index contributed by atoms with van der Waals surface area (Å²) in [7, 11) is 0. The van der Waals surface area contributed by atoms with E-state index in [1.54, 1.807) is 0 Å². The van der Waals surface area contributed by atoms with E-state index in [0.29, 0.717) is 5.56 Å². The molecule has 0 heterocycles. The minimum absolute atomic E-state index is 0.0131. The molecule has 0 fully saturated rings. The third-order valence-electron chi connectivity index (χ3n) is 3.37. The molecule has 0 bridgehead atoms. The van der Waals surface area contributed by atoms with E-state index in [0.717, 1.165) is 19.0 Å². The Balaban J connectivity index is 2.22. The predicted molar refractivity (Wildman–Crippen MR) is 76.2 cm³/mol. The molecule has 1 nitrogen and oxygen atoms in total. The Labute approximate surface area is 115 Å². The zero-order valence-corrected chi connectivity index (χ0v) is 12.0. The molecule has 0 aliphatic carbocycles. The van der Waals surface area contributed by atoms with Gasteiger partial charge in [-0.2, -0.15) is 0 Å². The predicted octanol–water partition coefficient (Wildman–Crippen LogP) is 4.98. The van der Waals surface area contributed by atoms with Crippen LogP contribution in [0, 0.1) is 11.6 Å². The molecule has 0 radical (unpaired) electrons. The van der Waals surface area contributed by atoms with Crippen LogP contribution in [0.25, 0.3) is 0 Å². The lowest BCUT2D eigenvalue weighted by Crippen LogP contribution is -2.20. The molecule has 1 aromatic carbocycles. The summed E-state index contributed by atoms with van der Waals surface area (Å²) in [4.78, 5) is 0. The van der Waals surface area contributed by atoms with E-state index in [2.05, 4.69) is 12.2 Å². The third kappa shape index (κ3) is 6.67. The fourth-order valence-electron chi connectivity index (χ4n) is 2.17. The second-order valence-corrected chi connectivity index (χ2v) is 5.15. The zero-order chi connectivity index (χ0) is 14.1. The highest BCUT2D eigenvalue weighted by molar-refractivity contribution is 5.20. The number of halogens is 2. The summed E-state index contributed by atoms with van der Waals surface area (Å²) in [5.41, 5.74) is 0.670. The summed E-state index contributed by atoms with van der Waals surface area (Å²) in [6.45, 7) is 5.04. The number of unbranched alkanes of at least 4 members (excludes halogenated alkanes) is 5. The highest BCUT2D eigenvalue weighted by atomic mass is 19.1. The van der Waals surface area contributed by atoms with Crippen molar-refractivity contribution in [2.75, 3.05) is 6.54 Å². The molecule has 1 N–H and O–H groups in total. The van der Waals surface area contributed by atoms with Crippen LogP contribution in [-0.4, -0.2) is 6.54 Å². The van der Waals surface area contributed by atoms with Crippen molar-refractivity contribution >= 4 is 0 Å². The van der Waals surface area contributed by atoms with Gasteiger partial charge < -0.3 is 5.32 Å². The molecule has 0 aliphatic heterocycles. The fraction of sp³-hybridized carbons (Fsp3) is 0.625. The number of nitrogens with one attached hydrogen (secondary N) is 1. The van der Waals surface area contributed by atoms with Crippen molar-refractivity contribution in [3.8, 4) is 0 Å². The molecule has 0 saturated heterocycles. The second-order valence-electron chi connectivity index (χ2n) is 5.15. The van der Waals surface area contributed by atoms with Gasteiger partial charge in [0, 0.05) is 12.1 Å². The molecule has 1 atom stereocenters. The average Bonchev–Trinajstić information content (AvgIpc) is 2.36. The van der Waals surface area contributed by atoms with Gasteiger partial charge in [-0.15, -0.1) is 0 Å². The summed E-state index contributed by atoms with van der Waals surface area (Å²) in [5.74, 6) is -1.02. The molecule has 19 heavy (non-hydrogen) atoms. The Kier molecular flexibility index (Phi) is 7.65. The molecular formula is C16H25F2N. The van der Waals surface area contributed by atoms with Crippen molar-refractivity contribution < 1.29 is 8.78 Å². The van der Waals surface area contributed by atoms with Crippen LogP contribution >= 0.6 is 0 Å². The van der Waals surface area contributed by atoms with Crippen molar-refractivity contribution in [3.63, 3.8) is 0 Å². The van der Waals surface area contributed by atoms with Crippen LogP contribution in [0.15, 0.2) is 18.2 Å².